The Labute approximate surface area is 158 Å². The van der Waals surface area contributed by atoms with E-state index in [1.165, 1.54) is 4.40 Å². The van der Waals surface area contributed by atoms with E-state index in [4.69, 9.17) is 11.6 Å². The summed E-state index contributed by atoms with van der Waals surface area (Å²) in [5.41, 5.74) is 2.12. The molecule has 0 aliphatic carbocycles. The number of hydrogen-bond donors (Lipinski definition) is 3. The molecule has 4 aromatic rings. The molecular weight excluding hydrogens is 370 g/mol. The number of aliphatic hydroxyl groups is 2. The lowest BCUT2D eigenvalue weighted by Gasteiger charge is -2.10. The highest BCUT2D eigenvalue weighted by molar-refractivity contribution is 6.30. The Bertz CT molecular complexity index is 1140. The van der Waals surface area contributed by atoms with Crippen LogP contribution >= 0.6 is 11.6 Å². The van der Waals surface area contributed by atoms with Crippen molar-refractivity contribution < 1.29 is 10.2 Å². The smallest absolute Gasteiger partial charge is 0.287 e. The molecular formula is C18H18ClN5O3. The molecule has 3 heterocycles. The first kappa shape index (κ1) is 17.7. The highest BCUT2D eigenvalue weighted by atomic mass is 35.5. The molecule has 9 heteroatoms. The number of benzene rings is 1. The number of hydrogen-bond acceptors (Lipinski definition) is 5. The Kier molecular flexibility index (Phi) is 4.69. The van der Waals surface area contributed by atoms with Crippen LogP contribution in [0.25, 0.3) is 28.2 Å². The van der Waals surface area contributed by atoms with Crippen LogP contribution in [0, 0.1) is 5.92 Å². The van der Waals surface area contributed by atoms with Crippen LogP contribution in [-0.2, 0) is 6.54 Å². The highest BCUT2D eigenvalue weighted by Gasteiger charge is 2.15. The van der Waals surface area contributed by atoms with E-state index < -0.39 is 0 Å². The van der Waals surface area contributed by atoms with Gasteiger partial charge in [-0.2, -0.15) is 4.98 Å². The maximum atomic E-state index is 12.8. The SMILES string of the molecule is O=c1c2ncn(CCC(CO)CO)c2nc2[nH]c(-c3ccc(Cl)cc3)cn12. The van der Waals surface area contributed by atoms with E-state index in [0.717, 1.165) is 11.3 Å². The number of nitrogens with one attached hydrogen (secondary N) is 1. The summed E-state index contributed by atoms with van der Waals surface area (Å²) < 4.78 is 3.20. The molecule has 0 unspecified atom stereocenters. The molecule has 0 radical (unpaired) electrons. The summed E-state index contributed by atoms with van der Waals surface area (Å²) in [4.78, 5) is 24.7. The molecule has 0 fully saturated rings. The molecule has 0 aliphatic heterocycles. The van der Waals surface area contributed by atoms with Crippen LogP contribution in [0.3, 0.4) is 0 Å². The Balaban J connectivity index is 1.76. The second kappa shape index (κ2) is 7.15. The second-order valence-corrected chi connectivity index (χ2v) is 6.85. The third kappa shape index (κ3) is 3.23. The fraction of sp³-hybridized carbons (Fsp3) is 0.278. The maximum Gasteiger partial charge on any atom is 0.287 e. The van der Waals surface area contributed by atoms with Crippen LogP contribution in [0.4, 0.5) is 0 Å². The summed E-state index contributed by atoms with van der Waals surface area (Å²) in [5.74, 6) is 0.203. The molecule has 8 nitrogen and oxygen atoms in total. The summed E-state index contributed by atoms with van der Waals surface area (Å²) in [6.07, 6.45) is 3.81. The summed E-state index contributed by atoms with van der Waals surface area (Å²) in [6.45, 7) is 0.310. The van der Waals surface area contributed by atoms with E-state index in [2.05, 4.69) is 15.0 Å². The lowest BCUT2D eigenvalue weighted by Crippen LogP contribution is -2.16. The quantitative estimate of drug-likeness (QED) is 0.466. The highest BCUT2D eigenvalue weighted by Crippen LogP contribution is 2.21. The first-order valence-electron chi connectivity index (χ1n) is 8.54. The standard InChI is InChI=1S/C18H18ClN5O3/c19-13-3-1-12(2-4-13)14-7-24-17(27)15-16(22-18(24)21-14)23(10-20-15)6-5-11(8-25)9-26/h1-4,7,10-11,25-26H,5-6,8-9H2,(H,21,22). The fourth-order valence-corrected chi connectivity index (χ4v) is 3.13. The van der Waals surface area contributed by atoms with Gasteiger partial charge in [0.25, 0.3) is 5.56 Å². The lowest BCUT2D eigenvalue weighted by atomic mass is 10.1. The summed E-state index contributed by atoms with van der Waals surface area (Å²) >= 11 is 5.93. The van der Waals surface area contributed by atoms with Crippen LogP contribution in [0.5, 0.6) is 0 Å². The zero-order valence-corrected chi connectivity index (χ0v) is 15.1. The number of aromatic nitrogens is 5. The number of aromatic amines is 1. The van der Waals surface area contributed by atoms with Gasteiger partial charge < -0.3 is 19.8 Å². The van der Waals surface area contributed by atoms with E-state index >= 15 is 0 Å². The minimum atomic E-state index is -0.258. The molecule has 140 valence electrons. The van der Waals surface area contributed by atoms with Crippen molar-refractivity contribution in [3.63, 3.8) is 0 Å². The zero-order valence-electron chi connectivity index (χ0n) is 14.3. The predicted octanol–water partition coefficient (Wildman–Crippen LogP) is 1.68. The molecule has 4 rings (SSSR count). The van der Waals surface area contributed by atoms with Crippen LogP contribution < -0.4 is 5.56 Å². The predicted molar refractivity (Wildman–Crippen MR) is 102 cm³/mol. The minimum Gasteiger partial charge on any atom is -0.396 e. The van der Waals surface area contributed by atoms with Crippen LogP contribution in [0.1, 0.15) is 6.42 Å². The molecule has 0 spiro atoms. The summed E-state index contributed by atoms with van der Waals surface area (Å²) in [5, 5.41) is 19.1. The Hall–Kier alpha value is -2.68. The molecule has 3 aromatic heterocycles. The van der Waals surface area contributed by atoms with Crippen molar-refractivity contribution >= 4 is 28.5 Å². The van der Waals surface area contributed by atoms with Gasteiger partial charge in [0.2, 0.25) is 5.78 Å². The van der Waals surface area contributed by atoms with Crippen molar-refractivity contribution in [2.75, 3.05) is 13.2 Å². The summed E-state index contributed by atoms with van der Waals surface area (Å²) in [6, 6.07) is 7.28. The van der Waals surface area contributed by atoms with Crippen molar-refractivity contribution in [3.05, 3.63) is 52.2 Å². The number of halogens is 1. The van der Waals surface area contributed by atoms with E-state index in [1.807, 2.05) is 12.1 Å². The number of nitrogens with zero attached hydrogens (tertiary/aromatic N) is 4. The van der Waals surface area contributed by atoms with E-state index in [0.29, 0.717) is 29.4 Å². The average Bonchev–Trinajstić information content (AvgIpc) is 3.28. The normalized spacial score (nSPS) is 11.9. The van der Waals surface area contributed by atoms with Crippen LogP contribution in [0.2, 0.25) is 5.02 Å². The molecule has 0 saturated heterocycles. The molecule has 27 heavy (non-hydrogen) atoms. The fourth-order valence-electron chi connectivity index (χ4n) is 3.00. The van der Waals surface area contributed by atoms with Gasteiger partial charge in [-0.1, -0.05) is 23.7 Å². The molecule has 0 bridgehead atoms. The maximum absolute atomic E-state index is 12.8. The molecule has 0 atom stereocenters. The molecule has 1 aromatic carbocycles. The number of imidazole rings is 2. The Morgan fingerprint density at radius 1 is 1.19 bits per heavy atom. The Morgan fingerprint density at radius 3 is 2.63 bits per heavy atom. The molecule has 0 saturated carbocycles. The average molecular weight is 388 g/mol. The summed E-state index contributed by atoms with van der Waals surface area (Å²) in [7, 11) is 0. The van der Waals surface area contributed by atoms with Gasteiger partial charge in [0, 0.05) is 36.9 Å². The van der Waals surface area contributed by atoms with Gasteiger partial charge in [-0.15, -0.1) is 0 Å². The monoisotopic (exact) mass is 387 g/mol. The van der Waals surface area contributed by atoms with E-state index in [-0.39, 0.29) is 30.2 Å². The van der Waals surface area contributed by atoms with Gasteiger partial charge in [-0.05, 0) is 24.1 Å². The van der Waals surface area contributed by atoms with Crippen molar-refractivity contribution in [1.82, 2.24) is 23.9 Å². The molecule has 0 aliphatic rings. The van der Waals surface area contributed by atoms with Crippen molar-refractivity contribution in [1.29, 1.82) is 0 Å². The van der Waals surface area contributed by atoms with Crippen LogP contribution in [0.15, 0.2) is 41.6 Å². The van der Waals surface area contributed by atoms with Gasteiger partial charge >= 0.3 is 0 Å². The van der Waals surface area contributed by atoms with Crippen molar-refractivity contribution in [2.45, 2.75) is 13.0 Å². The lowest BCUT2D eigenvalue weighted by molar-refractivity contribution is 0.140. The minimum absolute atomic E-state index is 0.0927. The van der Waals surface area contributed by atoms with Gasteiger partial charge in [0.1, 0.15) is 0 Å². The van der Waals surface area contributed by atoms with E-state index in [1.54, 1.807) is 29.2 Å². The van der Waals surface area contributed by atoms with Crippen LogP contribution in [-0.4, -0.2) is 47.3 Å². The first-order chi connectivity index (χ1) is 13.1. The Morgan fingerprint density at radius 2 is 1.93 bits per heavy atom. The third-order valence-electron chi connectivity index (χ3n) is 4.63. The molecule has 0 amide bonds. The number of H-pyrrole nitrogens is 1. The largest absolute Gasteiger partial charge is 0.396 e. The third-order valence-corrected chi connectivity index (χ3v) is 4.88. The van der Waals surface area contributed by atoms with E-state index in [9.17, 15) is 15.0 Å². The first-order valence-corrected chi connectivity index (χ1v) is 8.92. The van der Waals surface area contributed by atoms with Gasteiger partial charge in [0.05, 0.1) is 12.0 Å². The topological polar surface area (TPSA) is 108 Å². The number of fused-ring (bicyclic) bond motifs is 2. The number of aliphatic hydroxyl groups excluding tert-OH is 2. The second-order valence-electron chi connectivity index (χ2n) is 6.42. The molecule has 3 N–H and O–H groups in total. The van der Waals surface area contributed by atoms with Gasteiger partial charge in [-0.3, -0.25) is 4.79 Å². The van der Waals surface area contributed by atoms with Crippen molar-refractivity contribution in [2.24, 2.45) is 5.92 Å². The number of aryl methyl sites for hydroxylation is 1. The zero-order chi connectivity index (χ0) is 19.0. The van der Waals surface area contributed by atoms with Gasteiger partial charge in [-0.25, -0.2) is 9.38 Å². The van der Waals surface area contributed by atoms with Gasteiger partial charge in [0.15, 0.2) is 11.2 Å². The number of rotatable bonds is 6. The van der Waals surface area contributed by atoms with Crippen molar-refractivity contribution in [3.8, 4) is 11.3 Å².